The van der Waals surface area contributed by atoms with Crippen LogP contribution in [-0.4, -0.2) is 54.6 Å². The molecule has 3 aliphatic rings. The van der Waals surface area contributed by atoms with E-state index < -0.39 is 35.6 Å². The number of ether oxygens (including phenoxy) is 2. The Balaban J connectivity index is 1.31. The number of aryl methyl sites for hydroxylation is 1. The zero-order valence-corrected chi connectivity index (χ0v) is 16.9. The summed E-state index contributed by atoms with van der Waals surface area (Å²) in [5.41, 5.74) is 1.05. The minimum atomic E-state index is -1.04. The van der Waals surface area contributed by atoms with Crippen molar-refractivity contribution < 1.29 is 28.2 Å². The Morgan fingerprint density at radius 2 is 1.91 bits per heavy atom. The first-order valence-electron chi connectivity index (χ1n) is 9.93. The average Bonchev–Trinajstić information content (AvgIpc) is 3.29. The van der Waals surface area contributed by atoms with Gasteiger partial charge in [0.05, 0.1) is 5.69 Å². The standard InChI is InChI=1S/C21H18FN5O5/c1-11-2-3-12(8-14(11)22)23-17(28)10-26-19-18(24-25-26)20(29)27(21(19)30)13-4-5-15-16(9-13)32-7-6-31-15/h2-5,8-9,18-19H,6-7,10H2,1H3,(H,23,28). The highest BCUT2D eigenvalue weighted by Crippen LogP contribution is 2.37. The number of carbonyl (C=O) groups is 3. The highest BCUT2D eigenvalue weighted by atomic mass is 19.1. The van der Waals surface area contributed by atoms with Crippen LogP contribution in [0.4, 0.5) is 15.8 Å². The summed E-state index contributed by atoms with van der Waals surface area (Å²) < 4.78 is 24.7. The van der Waals surface area contributed by atoms with E-state index in [4.69, 9.17) is 9.47 Å². The predicted molar refractivity (Wildman–Crippen MR) is 109 cm³/mol. The van der Waals surface area contributed by atoms with Gasteiger partial charge in [-0.25, -0.2) is 9.29 Å². The van der Waals surface area contributed by atoms with Gasteiger partial charge in [0.15, 0.2) is 23.6 Å². The molecule has 3 heterocycles. The smallest absolute Gasteiger partial charge is 0.263 e. The molecule has 32 heavy (non-hydrogen) atoms. The Hall–Kier alpha value is -4.02. The number of halogens is 1. The van der Waals surface area contributed by atoms with Crippen molar-refractivity contribution in [1.82, 2.24) is 5.01 Å². The molecule has 11 heteroatoms. The summed E-state index contributed by atoms with van der Waals surface area (Å²) in [7, 11) is 0. The van der Waals surface area contributed by atoms with E-state index >= 15 is 0 Å². The van der Waals surface area contributed by atoms with Crippen molar-refractivity contribution in [2.24, 2.45) is 10.3 Å². The lowest BCUT2D eigenvalue weighted by molar-refractivity contribution is -0.123. The maximum absolute atomic E-state index is 13.7. The van der Waals surface area contributed by atoms with Gasteiger partial charge in [-0.3, -0.25) is 19.4 Å². The van der Waals surface area contributed by atoms with E-state index in [2.05, 4.69) is 15.7 Å². The molecule has 2 aromatic rings. The number of amides is 3. The Kier molecular flexibility index (Phi) is 4.72. The molecule has 1 N–H and O–H groups in total. The van der Waals surface area contributed by atoms with Crippen molar-refractivity contribution in [1.29, 1.82) is 0 Å². The average molecular weight is 439 g/mol. The molecule has 0 aromatic heterocycles. The van der Waals surface area contributed by atoms with Crippen molar-refractivity contribution in [3.63, 3.8) is 0 Å². The molecule has 2 unspecified atom stereocenters. The molecule has 3 aliphatic heterocycles. The van der Waals surface area contributed by atoms with Crippen molar-refractivity contribution in [3.8, 4) is 11.5 Å². The summed E-state index contributed by atoms with van der Waals surface area (Å²) in [4.78, 5) is 39.4. The van der Waals surface area contributed by atoms with Gasteiger partial charge in [0.1, 0.15) is 25.6 Å². The van der Waals surface area contributed by atoms with Gasteiger partial charge in [0.2, 0.25) is 5.91 Å². The fraction of sp³-hybridized carbons (Fsp3) is 0.286. The second-order valence-electron chi connectivity index (χ2n) is 7.54. The van der Waals surface area contributed by atoms with Gasteiger partial charge in [0, 0.05) is 11.8 Å². The van der Waals surface area contributed by atoms with Gasteiger partial charge in [-0.2, -0.15) is 5.11 Å². The van der Waals surface area contributed by atoms with Crippen LogP contribution in [0, 0.1) is 12.7 Å². The summed E-state index contributed by atoms with van der Waals surface area (Å²) in [5.74, 6) is -1.08. The molecule has 10 nitrogen and oxygen atoms in total. The first-order valence-corrected chi connectivity index (χ1v) is 9.93. The number of benzene rings is 2. The molecular weight excluding hydrogens is 421 g/mol. The normalized spacial score (nSPS) is 21.2. The molecule has 3 amide bonds. The summed E-state index contributed by atoms with van der Waals surface area (Å²) >= 11 is 0. The molecule has 1 fully saturated rings. The minimum absolute atomic E-state index is 0.275. The van der Waals surface area contributed by atoms with E-state index in [-0.39, 0.29) is 12.2 Å². The third-order valence-corrected chi connectivity index (χ3v) is 5.40. The van der Waals surface area contributed by atoms with Gasteiger partial charge in [-0.1, -0.05) is 11.3 Å². The van der Waals surface area contributed by atoms with Gasteiger partial charge >= 0.3 is 0 Å². The molecule has 0 radical (unpaired) electrons. The van der Waals surface area contributed by atoms with E-state index in [0.29, 0.717) is 36.0 Å². The largest absolute Gasteiger partial charge is 0.486 e. The lowest BCUT2D eigenvalue weighted by Crippen LogP contribution is -2.43. The van der Waals surface area contributed by atoms with Crippen LogP contribution < -0.4 is 19.7 Å². The molecule has 0 bridgehead atoms. The van der Waals surface area contributed by atoms with E-state index in [1.807, 2.05) is 0 Å². The van der Waals surface area contributed by atoms with Crippen LogP contribution >= 0.6 is 0 Å². The first kappa shape index (κ1) is 19.9. The SMILES string of the molecule is Cc1ccc(NC(=O)CN2N=NC3C(=O)N(c4ccc5c(c4)OCCO5)C(=O)C32)cc1F. The summed E-state index contributed by atoms with van der Waals surface area (Å²) in [6, 6.07) is 7.02. The molecule has 1 saturated heterocycles. The molecular formula is C21H18FN5O5. The number of nitrogens with zero attached hydrogens (tertiary/aromatic N) is 4. The summed E-state index contributed by atoms with van der Waals surface area (Å²) in [6.45, 7) is 2.08. The van der Waals surface area contributed by atoms with Crippen molar-refractivity contribution >= 4 is 29.1 Å². The molecule has 0 saturated carbocycles. The first-order chi connectivity index (χ1) is 15.4. The van der Waals surface area contributed by atoms with E-state index in [1.54, 1.807) is 37.3 Å². The lowest BCUT2D eigenvalue weighted by atomic mass is 10.1. The Morgan fingerprint density at radius 1 is 1.12 bits per heavy atom. The predicted octanol–water partition coefficient (Wildman–Crippen LogP) is 1.84. The molecule has 164 valence electrons. The van der Waals surface area contributed by atoms with Crippen molar-refractivity contribution in [2.75, 3.05) is 30.0 Å². The highest BCUT2D eigenvalue weighted by molar-refractivity contribution is 6.25. The maximum atomic E-state index is 13.7. The summed E-state index contributed by atoms with van der Waals surface area (Å²) in [5, 5.41) is 11.5. The molecule has 0 aliphatic carbocycles. The number of fused-ring (bicyclic) bond motifs is 2. The van der Waals surface area contributed by atoms with Crippen molar-refractivity contribution in [3.05, 3.63) is 47.8 Å². The highest BCUT2D eigenvalue weighted by Gasteiger charge is 2.55. The van der Waals surface area contributed by atoms with Crippen LogP contribution in [0.5, 0.6) is 11.5 Å². The fourth-order valence-electron chi connectivity index (χ4n) is 3.80. The minimum Gasteiger partial charge on any atom is -0.486 e. The summed E-state index contributed by atoms with van der Waals surface area (Å²) in [6.07, 6.45) is 0. The molecule has 2 aromatic carbocycles. The molecule has 2 atom stereocenters. The second-order valence-corrected chi connectivity index (χ2v) is 7.54. The second kappa shape index (κ2) is 7.59. The van der Waals surface area contributed by atoms with Crippen molar-refractivity contribution in [2.45, 2.75) is 19.0 Å². The Morgan fingerprint density at radius 3 is 2.69 bits per heavy atom. The van der Waals surface area contributed by atoms with E-state index in [1.165, 1.54) is 11.1 Å². The van der Waals surface area contributed by atoms with Gasteiger partial charge in [-0.05, 0) is 36.8 Å². The fourth-order valence-corrected chi connectivity index (χ4v) is 3.80. The molecule has 0 spiro atoms. The Labute approximate surface area is 181 Å². The maximum Gasteiger partial charge on any atom is 0.263 e. The Bertz CT molecular complexity index is 1170. The topological polar surface area (TPSA) is 113 Å². The van der Waals surface area contributed by atoms with Gasteiger partial charge in [0.25, 0.3) is 11.8 Å². The third-order valence-electron chi connectivity index (χ3n) is 5.40. The number of nitrogens with one attached hydrogen (secondary N) is 1. The third kappa shape index (κ3) is 3.31. The van der Waals surface area contributed by atoms with Crippen LogP contribution in [0.25, 0.3) is 0 Å². The van der Waals surface area contributed by atoms with Crippen LogP contribution in [-0.2, 0) is 14.4 Å². The quantitative estimate of drug-likeness (QED) is 0.728. The van der Waals surface area contributed by atoms with Crippen LogP contribution in [0.1, 0.15) is 5.56 Å². The number of hydrogen-bond acceptors (Lipinski definition) is 8. The van der Waals surface area contributed by atoms with Crippen LogP contribution in [0.2, 0.25) is 0 Å². The molecule has 5 rings (SSSR count). The van der Waals surface area contributed by atoms with E-state index in [0.717, 1.165) is 4.90 Å². The number of anilines is 2. The van der Waals surface area contributed by atoms with Crippen LogP contribution in [0.15, 0.2) is 46.7 Å². The number of imide groups is 1. The van der Waals surface area contributed by atoms with Crippen LogP contribution in [0.3, 0.4) is 0 Å². The van der Waals surface area contributed by atoms with E-state index in [9.17, 15) is 18.8 Å². The monoisotopic (exact) mass is 439 g/mol. The number of rotatable bonds is 4. The zero-order chi connectivity index (χ0) is 22.4. The number of carbonyl (C=O) groups excluding carboxylic acids is 3. The number of hydrogen-bond donors (Lipinski definition) is 1. The van der Waals surface area contributed by atoms with Gasteiger partial charge in [-0.15, -0.1) is 0 Å². The van der Waals surface area contributed by atoms with Gasteiger partial charge < -0.3 is 14.8 Å². The lowest BCUT2D eigenvalue weighted by Gasteiger charge is -2.22. The zero-order valence-electron chi connectivity index (χ0n) is 16.9.